The summed E-state index contributed by atoms with van der Waals surface area (Å²) in [5, 5.41) is 0.869. The molecule has 0 amide bonds. The second-order valence-corrected chi connectivity index (χ2v) is 7.88. The Balaban J connectivity index is 1.61. The molecule has 0 aliphatic carbocycles. The van der Waals surface area contributed by atoms with Crippen LogP contribution in [0.1, 0.15) is 25.0 Å². The minimum Gasteiger partial charge on any atom is -0.368 e. The molecule has 0 saturated carbocycles. The largest absolute Gasteiger partial charge is 0.368 e. The SMILES string of the molecule is Cc1ccc(N2CCN(CC(C)(C)c3ccccc3)CC2)c(Cl)c1. The zero-order valence-corrected chi connectivity index (χ0v) is 15.7. The van der Waals surface area contributed by atoms with E-state index in [1.54, 1.807) is 0 Å². The summed E-state index contributed by atoms with van der Waals surface area (Å²) in [6.07, 6.45) is 0. The lowest BCUT2D eigenvalue weighted by atomic mass is 9.84. The molecule has 3 heteroatoms. The maximum atomic E-state index is 6.43. The van der Waals surface area contributed by atoms with Gasteiger partial charge in [-0.2, -0.15) is 0 Å². The number of anilines is 1. The third-order valence-electron chi connectivity index (χ3n) is 4.99. The van der Waals surface area contributed by atoms with Gasteiger partial charge in [0.05, 0.1) is 10.7 Å². The molecule has 0 N–H and O–H groups in total. The number of hydrogen-bond donors (Lipinski definition) is 0. The van der Waals surface area contributed by atoms with Gasteiger partial charge in [0.2, 0.25) is 0 Å². The predicted octanol–water partition coefficient (Wildman–Crippen LogP) is 4.75. The first-order chi connectivity index (χ1) is 11.5. The average molecular weight is 343 g/mol. The highest BCUT2D eigenvalue weighted by atomic mass is 35.5. The second kappa shape index (κ2) is 7.16. The molecule has 0 spiro atoms. The number of rotatable bonds is 4. The summed E-state index contributed by atoms with van der Waals surface area (Å²) in [6.45, 7) is 12.1. The Hall–Kier alpha value is -1.51. The highest BCUT2D eigenvalue weighted by molar-refractivity contribution is 6.33. The number of hydrogen-bond acceptors (Lipinski definition) is 2. The maximum absolute atomic E-state index is 6.43. The molecule has 2 aromatic rings. The number of nitrogens with zero attached hydrogens (tertiary/aromatic N) is 2. The number of piperazine rings is 1. The van der Waals surface area contributed by atoms with Crippen molar-refractivity contribution in [3.8, 4) is 0 Å². The van der Waals surface area contributed by atoms with E-state index in [-0.39, 0.29) is 5.41 Å². The number of halogens is 1. The molecule has 2 aromatic carbocycles. The van der Waals surface area contributed by atoms with Crippen LogP contribution in [0.15, 0.2) is 48.5 Å². The third kappa shape index (κ3) is 3.93. The van der Waals surface area contributed by atoms with Crippen molar-refractivity contribution in [1.82, 2.24) is 4.90 Å². The molecule has 3 rings (SSSR count). The van der Waals surface area contributed by atoms with Crippen molar-refractivity contribution in [3.63, 3.8) is 0 Å². The molecule has 1 fully saturated rings. The quantitative estimate of drug-likeness (QED) is 0.791. The Morgan fingerprint density at radius 2 is 1.62 bits per heavy atom. The van der Waals surface area contributed by atoms with Crippen LogP contribution < -0.4 is 4.90 Å². The first kappa shape index (κ1) is 17.3. The third-order valence-corrected chi connectivity index (χ3v) is 5.29. The van der Waals surface area contributed by atoms with E-state index in [1.165, 1.54) is 16.8 Å². The molecule has 1 saturated heterocycles. The van der Waals surface area contributed by atoms with E-state index in [9.17, 15) is 0 Å². The van der Waals surface area contributed by atoms with Gasteiger partial charge in [-0.25, -0.2) is 0 Å². The summed E-state index contributed by atoms with van der Waals surface area (Å²) in [6, 6.07) is 17.2. The maximum Gasteiger partial charge on any atom is 0.0642 e. The molecule has 1 heterocycles. The molecule has 1 aliphatic heterocycles. The van der Waals surface area contributed by atoms with Gasteiger partial charge in [0, 0.05) is 38.1 Å². The lowest BCUT2D eigenvalue weighted by molar-refractivity contribution is 0.212. The van der Waals surface area contributed by atoms with Gasteiger partial charge >= 0.3 is 0 Å². The lowest BCUT2D eigenvalue weighted by Gasteiger charge is -2.40. The molecule has 0 unspecified atom stereocenters. The van der Waals surface area contributed by atoms with Crippen LogP contribution in [0, 0.1) is 6.92 Å². The van der Waals surface area contributed by atoms with Crippen molar-refractivity contribution >= 4 is 17.3 Å². The summed E-state index contributed by atoms with van der Waals surface area (Å²) in [4.78, 5) is 4.99. The molecular formula is C21H27ClN2. The van der Waals surface area contributed by atoms with Gasteiger partial charge in [-0.3, -0.25) is 4.90 Å². The van der Waals surface area contributed by atoms with Gasteiger partial charge in [0.1, 0.15) is 0 Å². The molecule has 0 atom stereocenters. The lowest BCUT2D eigenvalue weighted by Crippen LogP contribution is -2.50. The first-order valence-corrected chi connectivity index (χ1v) is 9.12. The van der Waals surface area contributed by atoms with Crippen LogP contribution in [-0.4, -0.2) is 37.6 Å². The Bertz CT molecular complexity index is 673. The van der Waals surface area contributed by atoms with E-state index >= 15 is 0 Å². The van der Waals surface area contributed by atoms with Crippen molar-refractivity contribution < 1.29 is 0 Å². The fourth-order valence-corrected chi connectivity index (χ4v) is 3.91. The topological polar surface area (TPSA) is 6.48 Å². The highest BCUT2D eigenvalue weighted by Crippen LogP contribution is 2.29. The Morgan fingerprint density at radius 1 is 0.958 bits per heavy atom. The summed E-state index contributed by atoms with van der Waals surface area (Å²) in [5.41, 5.74) is 3.97. The monoisotopic (exact) mass is 342 g/mol. The molecular weight excluding hydrogens is 316 g/mol. The van der Waals surface area contributed by atoms with Crippen molar-refractivity contribution in [3.05, 3.63) is 64.7 Å². The van der Waals surface area contributed by atoms with Crippen LogP contribution in [0.2, 0.25) is 5.02 Å². The van der Waals surface area contributed by atoms with Gasteiger partial charge in [0.15, 0.2) is 0 Å². The van der Waals surface area contributed by atoms with E-state index < -0.39 is 0 Å². The van der Waals surface area contributed by atoms with Crippen LogP contribution in [0.25, 0.3) is 0 Å². The molecule has 2 nitrogen and oxygen atoms in total. The zero-order chi connectivity index (χ0) is 17.2. The van der Waals surface area contributed by atoms with Gasteiger partial charge in [-0.1, -0.05) is 61.8 Å². The zero-order valence-electron chi connectivity index (χ0n) is 14.9. The van der Waals surface area contributed by atoms with Gasteiger partial charge in [-0.05, 0) is 30.2 Å². The summed E-state index contributed by atoms with van der Waals surface area (Å²) >= 11 is 6.43. The van der Waals surface area contributed by atoms with Crippen LogP contribution in [0.3, 0.4) is 0 Å². The minimum atomic E-state index is 0.172. The van der Waals surface area contributed by atoms with Gasteiger partial charge in [-0.15, -0.1) is 0 Å². The predicted molar refractivity (Wildman–Crippen MR) is 104 cm³/mol. The minimum absolute atomic E-state index is 0.172. The smallest absolute Gasteiger partial charge is 0.0642 e. The fraction of sp³-hybridized carbons (Fsp3) is 0.429. The molecule has 0 aromatic heterocycles. The van der Waals surface area contributed by atoms with Crippen LogP contribution >= 0.6 is 11.6 Å². The normalized spacial score (nSPS) is 16.4. The highest BCUT2D eigenvalue weighted by Gasteiger charge is 2.26. The van der Waals surface area contributed by atoms with Crippen LogP contribution in [0.5, 0.6) is 0 Å². The molecule has 128 valence electrons. The Morgan fingerprint density at radius 3 is 2.25 bits per heavy atom. The molecule has 0 bridgehead atoms. The average Bonchev–Trinajstić information content (AvgIpc) is 2.56. The second-order valence-electron chi connectivity index (χ2n) is 7.47. The van der Waals surface area contributed by atoms with Gasteiger partial charge in [0.25, 0.3) is 0 Å². The Labute approximate surface area is 151 Å². The van der Waals surface area contributed by atoms with E-state index in [1.807, 2.05) is 0 Å². The fourth-order valence-electron chi connectivity index (χ4n) is 3.55. The standard InChI is InChI=1S/C21H27ClN2/c1-17-9-10-20(19(22)15-17)24-13-11-23(12-14-24)16-21(2,3)18-7-5-4-6-8-18/h4-10,15H,11-14,16H2,1-3H3. The van der Waals surface area contributed by atoms with Crippen molar-refractivity contribution in [2.24, 2.45) is 0 Å². The van der Waals surface area contributed by atoms with Crippen LogP contribution in [-0.2, 0) is 5.41 Å². The summed E-state index contributed by atoms with van der Waals surface area (Å²) < 4.78 is 0. The molecule has 0 radical (unpaired) electrons. The molecule has 1 aliphatic rings. The molecule has 24 heavy (non-hydrogen) atoms. The van der Waals surface area contributed by atoms with E-state index in [0.29, 0.717) is 0 Å². The van der Waals surface area contributed by atoms with E-state index in [4.69, 9.17) is 11.6 Å². The Kier molecular flexibility index (Phi) is 5.17. The number of benzene rings is 2. The van der Waals surface area contributed by atoms with E-state index in [0.717, 1.165) is 37.7 Å². The van der Waals surface area contributed by atoms with Crippen molar-refractivity contribution in [2.45, 2.75) is 26.2 Å². The first-order valence-electron chi connectivity index (χ1n) is 8.75. The van der Waals surface area contributed by atoms with Crippen molar-refractivity contribution in [1.29, 1.82) is 0 Å². The van der Waals surface area contributed by atoms with Gasteiger partial charge < -0.3 is 4.90 Å². The van der Waals surface area contributed by atoms with E-state index in [2.05, 4.69) is 79.1 Å². The van der Waals surface area contributed by atoms with Crippen LogP contribution in [0.4, 0.5) is 5.69 Å². The summed E-state index contributed by atoms with van der Waals surface area (Å²) in [7, 11) is 0. The summed E-state index contributed by atoms with van der Waals surface area (Å²) in [5.74, 6) is 0. The number of aryl methyl sites for hydroxylation is 1. The van der Waals surface area contributed by atoms with Crippen molar-refractivity contribution in [2.75, 3.05) is 37.6 Å².